The monoisotopic (exact) mass is 310 g/mol. The molecule has 0 unspecified atom stereocenters. The Morgan fingerprint density at radius 3 is 2.33 bits per heavy atom. The van der Waals surface area contributed by atoms with Gasteiger partial charge in [0.15, 0.2) is 0 Å². The molecule has 0 radical (unpaired) electrons. The van der Waals surface area contributed by atoms with Gasteiger partial charge >= 0.3 is 0 Å². The number of fused-ring (bicyclic) bond motifs is 5. The van der Waals surface area contributed by atoms with Crippen LogP contribution in [-0.2, 0) is 0 Å². The Morgan fingerprint density at radius 2 is 1.46 bits per heavy atom. The summed E-state index contributed by atoms with van der Waals surface area (Å²) < 4.78 is 0. The molecule has 3 heteroatoms. The highest BCUT2D eigenvalue weighted by atomic mass is 16.3. The molecule has 2 heterocycles. The van der Waals surface area contributed by atoms with Crippen molar-refractivity contribution >= 4 is 32.7 Å². The van der Waals surface area contributed by atoms with Gasteiger partial charge in [0.2, 0.25) is 0 Å². The smallest absolute Gasteiger partial charge is 0.125 e. The number of rotatable bonds is 1. The number of hydrogen-bond acceptors (Lipinski definition) is 2. The Balaban J connectivity index is 2.05. The number of aromatic hydroxyl groups is 1. The fourth-order valence-corrected chi connectivity index (χ4v) is 3.43. The summed E-state index contributed by atoms with van der Waals surface area (Å²) in [6.07, 6.45) is 0. The topological polar surface area (TPSA) is 48.9 Å². The van der Waals surface area contributed by atoms with E-state index in [0.717, 1.165) is 38.6 Å². The van der Waals surface area contributed by atoms with E-state index in [0.29, 0.717) is 0 Å². The number of nitrogens with zero attached hydrogens (tertiary/aromatic N) is 1. The Labute approximate surface area is 138 Å². The van der Waals surface area contributed by atoms with Crippen molar-refractivity contribution in [1.29, 1.82) is 0 Å². The first-order chi connectivity index (χ1) is 11.8. The number of phenols is 1. The van der Waals surface area contributed by atoms with E-state index >= 15 is 0 Å². The Kier molecular flexibility index (Phi) is 2.65. The third-order valence-corrected chi connectivity index (χ3v) is 4.51. The maximum Gasteiger partial charge on any atom is 0.125 e. The first-order valence-electron chi connectivity index (χ1n) is 7.90. The highest BCUT2D eigenvalue weighted by molar-refractivity contribution is 6.22. The summed E-state index contributed by atoms with van der Waals surface area (Å²) in [5.74, 6) is 0.236. The number of pyridine rings is 1. The van der Waals surface area contributed by atoms with Crippen LogP contribution in [0.1, 0.15) is 0 Å². The number of benzene rings is 3. The summed E-state index contributed by atoms with van der Waals surface area (Å²) in [6.45, 7) is 0. The van der Waals surface area contributed by atoms with Crippen LogP contribution in [0.5, 0.6) is 5.75 Å². The van der Waals surface area contributed by atoms with E-state index in [1.165, 1.54) is 5.39 Å². The van der Waals surface area contributed by atoms with Crippen LogP contribution in [0.25, 0.3) is 44.0 Å². The Hall–Kier alpha value is -3.33. The minimum Gasteiger partial charge on any atom is -0.507 e. The molecule has 0 spiro atoms. The standard InChI is InChI=1S/C21H14N2O/c24-18-12-6-3-9-15(18)20-21-19(13-7-1-4-10-16(13)22-20)14-8-2-5-11-17(14)23-21/h1-12,23-24H. The van der Waals surface area contributed by atoms with Gasteiger partial charge in [-0.2, -0.15) is 0 Å². The molecule has 0 atom stereocenters. The van der Waals surface area contributed by atoms with Crippen molar-refractivity contribution in [1.82, 2.24) is 9.97 Å². The number of aromatic amines is 1. The molecule has 5 aromatic rings. The molecule has 0 bridgehead atoms. The van der Waals surface area contributed by atoms with E-state index < -0.39 is 0 Å². The van der Waals surface area contributed by atoms with E-state index in [1.54, 1.807) is 6.07 Å². The molecule has 0 saturated heterocycles. The lowest BCUT2D eigenvalue weighted by molar-refractivity contribution is 0.477. The van der Waals surface area contributed by atoms with Gasteiger partial charge in [-0.05, 0) is 24.3 Å². The highest BCUT2D eigenvalue weighted by Crippen LogP contribution is 2.39. The third-order valence-electron chi connectivity index (χ3n) is 4.51. The summed E-state index contributed by atoms with van der Waals surface area (Å²) in [4.78, 5) is 8.33. The lowest BCUT2D eigenvalue weighted by Crippen LogP contribution is -1.89. The van der Waals surface area contributed by atoms with Crippen molar-refractivity contribution in [3.63, 3.8) is 0 Å². The van der Waals surface area contributed by atoms with Crippen LogP contribution < -0.4 is 0 Å². The molecule has 3 aromatic carbocycles. The van der Waals surface area contributed by atoms with Crippen molar-refractivity contribution < 1.29 is 5.11 Å². The summed E-state index contributed by atoms with van der Waals surface area (Å²) in [5, 5.41) is 13.7. The molecule has 0 amide bonds. The zero-order valence-electron chi connectivity index (χ0n) is 12.8. The predicted octanol–water partition coefficient (Wildman–Crippen LogP) is 5.24. The van der Waals surface area contributed by atoms with Crippen molar-refractivity contribution in [3.05, 3.63) is 72.8 Å². The van der Waals surface area contributed by atoms with Gasteiger partial charge in [0.05, 0.1) is 16.7 Å². The average Bonchev–Trinajstić information content (AvgIpc) is 3.01. The maximum atomic E-state index is 10.3. The van der Waals surface area contributed by atoms with Gasteiger partial charge in [0, 0.05) is 27.2 Å². The minimum atomic E-state index is 0.236. The summed E-state index contributed by atoms with van der Waals surface area (Å²) in [7, 11) is 0. The fraction of sp³-hybridized carbons (Fsp3) is 0. The SMILES string of the molecule is Oc1ccccc1-c1nc2ccccc2c2c1[nH]c1ccccc12. The van der Waals surface area contributed by atoms with Gasteiger partial charge in [-0.25, -0.2) is 4.98 Å². The van der Waals surface area contributed by atoms with E-state index in [4.69, 9.17) is 4.98 Å². The number of nitrogens with one attached hydrogen (secondary N) is 1. The van der Waals surface area contributed by atoms with E-state index in [1.807, 2.05) is 48.5 Å². The van der Waals surface area contributed by atoms with E-state index in [2.05, 4.69) is 23.2 Å². The van der Waals surface area contributed by atoms with Gasteiger partial charge in [-0.1, -0.05) is 48.5 Å². The molecular weight excluding hydrogens is 296 g/mol. The van der Waals surface area contributed by atoms with Crippen molar-refractivity contribution in [2.45, 2.75) is 0 Å². The van der Waals surface area contributed by atoms with Gasteiger partial charge < -0.3 is 10.1 Å². The molecule has 0 fully saturated rings. The Bertz CT molecular complexity index is 1220. The van der Waals surface area contributed by atoms with Crippen LogP contribution in [0.3, 0.4) is 0 Å². The van der Waals surface area contributed by atoms with Gasteiger partial charge in [0.25, 0.3) is 0 Å². The van der Waals surface area contributed by atoms with Crippen LogP contribution in [-0.4, -0.2) is 15.1 Å². The minimum absolute atomic E-state index is 0.236. The zero-order chi connectivity index (χ0) is 16.1. The second-order valence-electron chi connectivity index (χ2n) is 5.92. The number of phenolic OH excluding ortho intramolecular Hbond substituents is 1. The zero-order valence-corrected chi connectivity index (χ0v) is 12.8. The molecular formula is C21H14N2O. The molecule has 2 N–H and O–H groups in total. The lowest BCUT2D eigenvalue weighted by atomic mass is 10.0. The van der Waals surface area contributed by atoms with Gasteiger partial charge in [0.1, 0.15) is 5.75 Å². The molecule has 5 rings (SSSR count). The van der Waals surface area contributed by atoms with Crippen LogP contribution in [0.2, 0.25) is 0 Å². The highest BCUT2D eigenvalue weighted by Gasteiger charge is 2.16. The molecule has 0 aliphatic rings. The summed E-state index contributed by atoms with van der Waals surface area (Å²) >= 11 is 0. The van der Waals surface area contributed by atoms with Crippen molar-refractivity contribution in [2.75, 3.05) is 0 Å². The largest absolute Gasteiger partial charge is 0.507 e. The predicted molar refractivity (Wildman–Crippen MR) is 98.2 cm³/mol. The van der Waals surface area contributed by atoms with Crippen molar-refractivity contribution in [2.24, 2.45) is 0 Å². The van der Waals surface area contributed by atoms with Gasteiger partial charge in [-0.15, -0.1) is 0 Å². The van der Waals surface area contributed by atoms with Gasteiger partial charge in [-0.3, -0.25) is 0 Å². The lowest BCUT2D eigenvalue weighted by Gasteiger charge is -2.08. The number of hydrogen-bond donors (Lipinski definition) is 2. The first-order valence-corrected chi connectivity index (χ1v) is 7.90. The molecule has 114 valence electrons. The van der Waals surface area contributed by atoms with Crippen molar-refractivity contribution in [3.8, 4) is 17.0 Å². The quantitative estimate of drug-likeness (QED) is 0.445. The second kappa shape index (κ2) is 4.83. The molecule has 0 aliphatic heterocycles. The van der Waals surface area contributed by atoms with Crippen LogP contribution >= 0.6 is 0 Å². The van der Waals surface area contributed by atoms with Crippen LogP contribution in [0.15, 0.2) is 72.8 Å². The average molecular weight is 310 g/mol. The van der Waals surface area contributed by atoms with E-state index in [9.17, 15) is 5.11 Å². The normalized spacial score (nSPS) is 11.5. The molecule has 0 aliphatic carbocycles. The molecule has 24 heavy (non-hydrogen) atoms. The number of H-pyrrole nitrogens is 1. The third kappa shape index (κ3) is 1.75. The summed E-state index contributed by atoms with van der Waals surface area (Å²) in [5.41, 5.74) is 4.46. The van der Waals surface area contributed by atoms with E-state index in [-0.39, 0.29) is 5.75 Å². The fourth-order valence-electron chi connectivity index (χ4n) is 3.43. The summed E-state index contributed by atoms with van der Waals surface area (Å²) in [6, 6.07) is 23.7. The number of aromatic nitrogens is 2. The molecule has 2 aromatic heterocycles. The Morgan fingerprint density at radius 1 is 0.750 bits per heavy atom. The second-order valence-corrected chi connectivity index (χ2v) is 5.92. The number of para-hydroxylation sites is 3. The maximum absolute atomic E-state index is 10.3. The molecule has 3 nitrogen and oxygen atoms in total. The van der Waals surface area contributed by atoms with Crippen LogP contribution in [0, 0.1) is 0 Å². The van der Waals surface area contributed by atoms with Crippen LogP contribution in [0.4, 0.5) is 0 Å². The molecule has 0 saturated carbocycles. The first kappa shape index (κ1) is 13.1.